The van der Waals surface area contributed by atoms with Crippen molar-refractivity contribution in [2.45, 2.75) is 42.4 Å². The molecule has 7 heteroatoms. The molecule has 1 aliphatic heterocycles. The molecule has 0 spiro atoms. The summed E-state index contributed by atoms with van der Waals surface area (Å²) in [6.07, 6.45) is 2.78. The lowest BCUT2D eigenvalue weighted by Gasteiger charge is -2.23. The number of pyridine rings is 1. The van der Waals surface area contributed by atoms with Gasteiger partial charge in [-0.25, -0.2) is 0 Å². The molecule has 2 aromatic heterocycles. The van der Waals surface area contributed by atoms with Crippen molar-refractivity contribution in [3.63, 3.8) is 0 Å². The summed E-state index contributed by atoms with van der Waals surface area (Å²) in [7, 11) is 0. The molecular weight excluding hydrogens is 432 g/mol. The summed E-state index contributed by atoms with van der Waals surface area (Å²) in [5.74, 6) is 0.802. The molecule has 1 aliphatic carbocycles. The Balaban J connectivity index is 1.34. The van der Waals surface area contributed by atoms with Gasteiger partial charge in [0, 0.05) is 22.3 Å². The molecule has 0 unspecified atom stereocenters. The van der Waals surface area contributed by atoms with Crippen molar-refractivity contribution >= 4 is 29.2 Å². The van der Waals surface area contributed by atoms with Crippen LogP contribution in [0.3, 0.4) is 0 Å². The molecule has 6 rings (SSSR count). The Morgan fingerprint density at radius 2 is 1.55 bits per heavy atom. The summed E-state index contributed by atoms with van der Waals surface area (Å²) < 4.78 is 2.05. The lowest BCUT2D eigenvalue weighted by Crippen LogP contribution is -2.33. The maximum atomic E-state index is 13.2. The van der Waals surface area contributed by atoms with Crippen molar-refractivity contribution in [1.82, 2.24) is 19.5 Å². The van der Waals surface area contributed by atoms with Crippen LogP contribution >= 0.6 is 11.8 Å². The lowest BCUT2D eigenvalue weighted by molar-refractivity contribution is 0.0582. The fraction of sp³-hybridized carbons (Fsp3) is 0.231. The van der Waals surface area contributed by atoms with Gasteiger partial charge < -0.3 is 0 Å². The summed E-state index contributed by atoms with van der Waals surface area (Å²) >= 11 is 1.76. The lowest BCUT2D eigenvalue weighted by atomic mass is 10.1. The number of hydrogen-bond donors (Lipinski definition) is 0. The molecule has 2 aromatic carbocycles. The fourth-order valence-corrected chi connectivity index (χ4v) is 6.19. The quantitative estimate of drug-likeness (QED) is 0.385. The first-order valence-corrected chi connectivity index (χ1v) is 12.0. The Hall–Kier alpha value is -3.45. The van der Waals surface area contributed by atoms with Gasteiger partial charge in [-0.15, -0.1) is 22.0 Å². The number of carbonyl (C=O) groups excluding carboxylic acids is 2. The Labute approximate surface area is 195 Å². The van der Waals surface area contributed by atoms with Crippen LogP contribution in [-0.4, -0.2) is 31.3 Å². The van der Waals surface area contributed by atoms with Gasteiger partial charge in [-0.05, 0) is 41.8 Å². The van der Waals surface area contributed by atoms with Crippen molar-refractivity contribution in [3.05, 3.63) is 94.9 Å². The molecule has 0 radical (unpaired) electrons. The molecule has 2 atom stereocenters. The zero-order chi connectivity index (χ0) is 22.7. The predicted octanol–water partition coefficient (Wildman–Crippen LogP) is 5.43. The van der Waals surface area contributed by atoms with Gasteiger partial charge in [0.1, 0.15) is 5.82 Å². The van der Waals surface area contributed by atoms with Gasteiger partial charge >= 0.3 is 0 Å². The molecule has 2 aliphatic rings. The zero-order valence-electron chi connectivity index (χ0n) is 18.3. The predicted molar refractivity (Wildman–Crippen MR) is 126 cm³/mol. The minimum absolute atomic E-state index is 0.131. The van der Waals surface area contributed by atoms with E-state index in [4.69, 9.17) is 0 Å². The van der Waals surface area contributed by atoms with Crippen LogP contribution in [0.4, 0.5) is 0 Å². The first kappa shape index (κ1) is 20.2. The summed E-state index contributed by atoms with van der Waals surface area (Å²) in [6, 6.07) is 19.0. The van der Waals surface area contributed by atoms with Gasteiger partial charge in [-0.1, -0.05) is 50.2 Å². The van der Waals surface area contributed by atoms with Crippen LogP contribution in [0.5, 0.6) is 0 Å². The Morgan fingerprint density at radius 3 is 2.24 bits per heavy atom. The van der Waals surface area contributed by atoms with E-state index < -0.39 is 0 Å². The molecule has 164 valence electrons. The van der Waals surface area contributed by atoms with Gasteiger partial charge in [0.05, 0.1) is 17.2 Å². The van der Waals surface area contributed by atoms with Crippen LogP contribution in [0.25, 0.3) is 5.65 Å². The summed E-state index contributed by atoms with van der Waals surface area (Å²) in [6.45, 7) is 4.21. The van der Waals surface area contributed by atoms with E-state index in [2.05, 4.69) is 46.8 Å². The number of fused-ring (bicyclic) bond motifs is 3. The maximum absolute atomic E-state index is 13.2. The van der Waals surface area contributed by atoms with E-state index in [1.165, 1.54) is 10.5 Å². The molecular formula is C26H22N4O2S. The number of hydrogen-bond acceptors (Lipinski definition) is 5. The number of amides is 2. The first-order chi connectivity index (χ1) is 16.0. The number of thioether (sulfide) groups is 1. The van der Waals surface area contributed by atoms with E-state index in [0.29, 0.717) is 17.5 Å². The van der Waals surface area contributed by atoms with Gasteiger partial charge in [0.25, 0.3) is 11.8 Å². The molecule has 3 heterocycles. The third kappa shape index (κ3) is 3.10. The van der Waals surface area contributed by atoms with Crippen LogP contribution < -0.4 is 0 Å². The second kappa shape index (κ2) is 7.56. The third-order valence-electron chi connectivity index (χ3n) is 6.47. The minimum atomic E-state index is -0.268. The molecule has 4 aromatic rings. The highest BCUT2D eigenvalue weighted by atomic mass is 32.2. The standard InChI is InChI=1S/C26H22N4O2S/c1-15(2)24-28-27-23-12-11-16(14-29(23)24)33-22-13-21(17-7-3-4-8-18(17)22)30-25(31)19-9-5-6-10-20(19)26(30)32/h3-12,14-15,21-22H,13H2,1-2H3/t21-,22-/m0/s1. The van der Waals surface area contributed by atoms with Crippen LogP contribution in [0.1, 0.15) is 75.1 Å². The third-order valence-corrected chi connectivity index (χ3v) is 7.72. The normalized spacial score (nSPS) is 19.5. The van der Waals surface area contributed by atoms with Crippen LogP contribution in [-0.2, 0) is 0 Å². The van der Waals surface area contributed by atoms with Gasteiger partial charge in [0.15, 0.2) is 5.65 Å². The monoisotopic (exact) mass is 454 g/mol. The van der Waals surface area contributed by atoms with Gasteiger partial charge in [-0.2, -0.15) is 0 Å². The highest BCUT2D eigenvalue weighted by molar-refractivity contribution is 7.99. The van der Waals surface area contributed by atoms with Crippen molar-refractivity contribution < 1.29 is 9.59 Å². The zero-order valence-corrected chi connectivity index (χ0v) is 19.1. The molecule has 0 N–H and O–H groups in total. The second-order valence-electron chi connectivity index (χ2n) is 8.82. The van der Waals surface area contributed by atoms with E-state index >= 15 is 0 Å². The average molecular weight is 455 g/mol. The summed E-state index contributed by atoms with van der Waals surface area (Å²) in [5, 5.41) is 8.73. The number of rotatable bonds is 4. The number of benzene rings is 2. The largest absolute Gasteiger partial charge is 0.285 e. The maximum Gasteiger partial charge on any atom is 0.262 e. The Bertz CT molecular complexity index is 1390. The van der Waals surface area contributed by atoms with E-state index in [1.807, 2.05) is 24.3 Å². The Morgan fingerprint density at radius 1 is 0.879 bits per heavy atom. The number of nitrogens with zero attached hydrogens (tertiary/aromatic N) is 4. The molecule has 0 bridgehead atoms. The number of carbonyl (C=O) groups is 2. The van der Waals surface area contributed by atoms with E-state index in [1.54, 1.807) is 36.0 Å². The molecule has 0 saturated heterocycles. The molecule has 0 saturated carbocycles. The van der Waals surface area contributed by atoms with Crippen LogP contribution in [0, 0.1) is 0 Å². The topological polar surface area (TPSA) is 67.6 Å². The number of imide groups is 1. The fourth-order valence-electron chi connectivity index (χ4n) is 4.93. The molecule has 2 amide bonds. The van der Waals surface area contributed by atoms with E-state index in [9.17, 15) is 9.59 Å². The van der Waals surface area contributed by atoms with Crippen molar-refractivity contribution in [2.24, 2.45) is 0 Å². The van der Waals surface area contributed by atoms with Gasteiger partial charge in [0.2, 0.25) is 0 Å². The summed E-state index contributed by atoms with van der Waals surface area (Å²) in [5.41, 5.74) is 4.05. The van der Waals surface area contributed by atoms with Crippen LogP contribution in [0.15, 0.2) is 71.8 Å². The van der Waals surface area contributed by atoms with Gasteiger partial charge in [-0.3, -0.25) is 18.9 Å². The van der Waals surface area contributed by atoms with Crippen molar-refractivity contribution in [1.29, 1.82) is 0 Å². The Kier molecular flexibility index (Phi) is 4.62. The minimum Gasteiger partial charge on any atom is -0.285 e. The second-order valence-corrected chi connectivity index (χ2v) is 10.1. The number of aromatic nitrogens is 3. The average Bonchev–Trinajstić information content (AvgIpc) is 3.47. The molecule has 0 fully saturated rings. The smallest absolute Gasteiger partial charge is 0.262 e. The highest BCUT2D eigenvalue weighted by Crippen LogP contribution is 2.52. The summed E-state index contributed by atoms with van der Waals surface area (Å²) in [4.78, 5) is 28.9. The van der Waals surface area contributed by atoms with Crippen molar-refractivity contribution in [2.75, 3.05) is 0 Å². The van der Waals surface area contributed by atoms with Crippen molar-refractivity contribution in [3.8, 4) is 0 Å². The van der Waals surface area contributed by atoms with E-state index in [0.717, 1.165) is 21.9 Å². The first-order valence-electron chi connectivity index (χ1n) is 11.1. The van der Waals surface area contributed by atoms with Crippen LogP contribution in [0.2, 0.25) is 0 Å². The molecule has 33 heavy (non-hydrogen) atoms. The highest BCUT2D eigenvalue weighted by Gasteiger charge is 2.45. The molecule has 6 nitrogen and oxygen atoms in total. The van der Waals surface area contributed by atoms with E-state index in [-0.39, 0.29) is 29.0 Å². The SMILES string of the molecule is CC(C)c1nnc2ccc(S[C@H]3C[C@H](N4C(=O)c5ccccc5C4=O)c4ccccc43)cn12.